The minimum Gasteiger partial charge on any atom is -0.461 e. The molecule has 6 nitrogen and oxygen atoms in total. The van der Waals surface area contributed by atoms with E-state index in [1.165, 1.54) is 6.92 Å². The van der Waals surface area contributed by atoms with Gasteiger partial charge in [0.05, 0.1) is 23.7 Å². The summed E-state index contributed by atoms with van der Waals surface area (Å²) in [7, 11) is 0. The first kappa shape index (κ1) is 16.2. The minimum absolute atomic E-state index is 0.0701. The summed E-state index contributed by atoms with van der Waals surface area (Å²) in [4.78, 5) is 22.9. The number of carbonyl (C=O) groups excluding carboxylic acids is 2. The molecule has 0 aromatic carbocycles. The molecule has 6 heteroatoms. The lowest BCUT2D eigenvalue weighted by molar-refractivity contribution is -0.140. The van der Waals surface area contributed by atoms with Gasteiger partial charge in [-0.1, -0.05) is 6.58 Å². The fourth-order valence-corrected chi connectivity index (χ4v) is 3.52. The SMILES string of the molecule is C=C1C(=O)O[C@@H]2/C=C(\COC(C)=O)CC[C@H]3O[C@@]3(C)C[C@H](O)[C@@H]12. The molecule has 1 N–H and O–H groups in total. The quantitative estimate of drug-likeness (QED) is 0.357. The van der Waals surface area contributed by atoms with Gasteiger partial charge in [-0.15, -0.1) is 0 Å². The van der Waals surface area contributed by atoms with E-state index in [-0.39, 0.29) is 29.9 Å². The van der Waals surface area contributed by atoms with Crippen molar-refractivity contribution in [1.82, 2.24) is 0 Å². The lowest BCUT2D eigenvalue weighted by Crippen LogP contribution is -2.33. The summed E-state index contributed by atoms with van der Waals surface area (Å²) >= 11 is 0. The molecule has 3 aliphatic rings. The molecule has 126 valence electrons. The van der Waals surface area contributed by atoms with Crippen molar-refractivity contribution in [3.05, 3.63) is 23.8 Å². The molecule has 0 bridgehead atoms. The van der Waals surface area contributed by atoms with Gasteiger partial charge < -0.3 is 19.3 Å². The fourth-order valence-electron chi connectivity index (χ4n) is 3.52. The molecule has 0 aromatic heterocycles. The molecule has 2 heterocycles. The Labute approximate surface area is 135 Å². The number of esters is 2. The molecule has 0 saturated carbocycles. The van der Waals surface area contributed by atoms with Gasteiger partial charge in [-0.3, -0.25) is 4.79 Å². The van der Waals surface area contributed by atoms with Crippen molar-refractivity contribution in [1.29, 1.82) is 0 Å². The molecule has 5 atom stereocenters. The molecule has 0 radical (unpaired) electrons. The zero-order valence-electron chi connectivity index (χ0n) is 13.4. The van der Waals surface area contributed by atoms with Gasteiger partial charge in [0.25, 0.3) is 0 Å². The van der Waals surface area contributed by atoms with E-state index in [0.717, 1.165) is 12.0 Å². The summed E-state index contributed by atoms with van der Waals surface area (Å²) in [5.41, 5.74) is 0.774. The van der Waals surface area contributed by atoms with E-state index in [9.17, 15) is 14.7 Å². The van der Waals surface area contributed by atoms with Crippen LogP contribution in [0.3, 0.4) is 0 Å². The van der Waals surface area contributed by atoms with Gasteiger partial charge >= 0.3 is 11.9 Å². The maximum Gasteiger partial charge on any atom is 0.334 e. The maximum atomic E-state index is 11.8. The molecule has 23 heavy (non-hydrogen) atoms. The highest BCUT2D eigenvalue weighted by Crippen LogP contribution is 2.46. The van der Waals surface area contributed by atoms with Crippen LogP contribution < -0.4 is 0 Å². The van der Waals surface area contributed by atoms with Crippen molar-refractivity contribution in [3.63, 3.8) is 0 Å². The second-order valence-corrected chi connectivity index (χ2v) is 6.76. The Bertz CT molecular complexity index is 580. The zero-order valence-corrected chi connectivity index (χ0v) is 13.4. The highest BCUT2D eigenvalue weighted by atomic mass is 16.6. The Morgan fingerprint density at radius 3 is 3.00 bits per heavy atom. The lowest BCUT2D eigenvalue weighted by atomic mass is 9.82. The van der Waals surface area contributed by atoms with Crippen LogP contribution in [-0.2, 0) is 23.8 Å². The van der Waals surface area contributed by atoms with Crippen LogP contribution in [0.15, 0.2) is 23.8 Å². The normalized spacial score (nSPS) is 42.0. The molecule has 1 aliphatic carbocycles. The van der Waals surface area contributed by atoms with Crippen LogP contribution in [0.4, 0.5) is 0 Å². The number of aliphatic hydroxyl groups excluding tert-OH is 1. The molecular formula is C17H22O6. The second kappa shape index (κ2) is 5.76. The van der Waals surface area contributed by atoms with E-state index in [1.807, 2.05) is 6.92 Å². The van der Waals surface area contributed by atoms with Crippen LogP contribution in [0.25, 0.3) is 0 Å². The van der Waals surface area contributed by atoms with Crippen LogP contribution in [-0.4, -0.2) is 47.6 Å². The molecule has 2 aliphatic heterocycles. The molecule has 0 spiro atoms. The number of epoxide rings is 1. The Morgan fingerprint density at radius 1 is 1.57 bits per heavy atom. The Balaban J connectivity index is 1.87. The number of carbonyl (C=O) groups is 2. The van der Waals surface area contributed by atoms with Crippen molar-refractivity contribution in [2.75, 3.05) is 6.61 Å². The molecule has 3 rings (SSSR count). The average Bonchev–Trinajstić information content (AvgIpc) is 3.00. The van der Waals surface area contributed by atoms with Crippen LogP contribution in [0, 0.1) is 5.92 Å². The van der Waals surface area contributed by atoms with Gasteiger partial charge in [-0.05, 0) is 31.4 Å². The maximum absolute atomic E-state index is 11.8. The van der Waals surface area contributed by atoms with Crippen molar-refractivity contribution in [2.45, 2.75) is 57.0 Å². The summed E-state index contributed by atoms with van der Waals surface area (Å²) in [5, 5.41) is 10.6. The third-order valence-corrected chi connectivity index (χ3v) is 4.91. The van der Waals surface area contributed by atoms with E-state index in [2.05, 4.69) is 6.58 Å². The van der Waals surface area contributed by atoms with Gasteiger partial charge in [0.15, 0.2) is 0 Å². The molecule has 2 saturated heterocycles. The Kier molecular flexibility index (Phi) is 4.06. The van der Waals surface area contributed by atoms with E-state index >= 15 is 0 Å². The zero-order chi connectivity index (χ0) is 16.8. The smallest absolute Gasteiger partial charge is 0.334 e. The van der Waals surface area contributed by atoms with Crippen molar-refractivity contribution < 1.29 is 28.9 Å². The summed E-state index contributed by atoms with van der Waals surface area (Å²) in [6, 6.07) is 0. The van der Waals surface area contributed by atoms with Gasteiger partial charge in [0, 0.05) is 18.9 Å². The number of rotatable bonds is 2. The van der Waals surface area contributed by atoms with Crippen LogP contribution in [0.2, 0.25) is 0 Å². The fraction of sp³-hybridized carbons (Fsp3) is 0.647. The Morgan fingerprint density at radius 2 is 2.30 bits per heavy atom. The van der Waals surface area contributed by atoms with Crippen molar-refractivity contribution in [2.24, 2.45) is 5.92 Å². The molecule has 0 aromatic rings. The van der Waals surface area contributed by atoms with Crippen molar-refractivity contribution >= 4 is 11.9 Å². The minimum atomic E-state index is -0.765. The van der Waals surface area contributed by atoms with Gasteiger partial charge in [-0.25, -0.2) is 4.79 Å². The van der Waals surface area contributed by atoms with Gasteiger partial charge in [0.2, 0.25) is 0 Å². The van der Waals surface area contributed by atoms with E-state index in [0.29, 0.717) is 12.8 Å². The van der Waals surface area contributed by atoms with E-state index in [4.69, 9.17) is 14.2 Å². The van der Waals surface area contributed by atoms with Crippen LogP contribution >= 0.6 is 0 Å². The molecule has 0 amide bonds. The Hall–Kier alpha value is -1.66. The highest BCUT2D eigenvalue weighted by Gasteiger charge is 2.55. The summed E-state index contributed by atoms with van der Waals surface area (Å²) in [5.74, 6) is -1.34. The van der Waals surface area contributed by atoms with Gasteiger partial charge in [-0.2, -0.15) is 0 Å². The first-order valence-corrected chi connectivity index (χ1v) is 7.89. The summed E-state index contributed by atoms with van der Waals surface area (Å²) in [6.45, 7) is 7.24. The predicted molar refractivity (Wildman–Crippen MR) is 80.4 cm³/mol. The molecule has 2 fully saturated rings. The standard InChI is InChI=1S/C17H22O6/c1-9-15-12(19)7-17(3)14(23-17)5-4-11(8-21-10(2)18)6-13(15)22-16(9)20/h6,12-15,19H,1,4-5,7-8H2,2-3H3/b11-6-/t12-,13+,14+,15+,17-/m0/s1. The monoisotopic (exact) mass is 322 g/mol. The summed E-state index contributed by atoms with van der Waals surface area (Å²) in [6.07, 6.45) is 2.44. The topological polar surface area (TPSA) is 85.4 Å². The lowest BCUT2D eigenvalue weighted by Gasteiger charge is -2.24. The highest BCUT2D eigenvalue weighted by molar-refractivity contribution is 5.91. The van der Waals surface area contributed by atoms with Crippen LogP contribution in [0.5, 0.6) is 0 Å². The number of hydrogen-bond acceptors (Lipinski definition) is 6. The number of aliphatic hydroxyl groups is 1. The first-order chi connectivity index (χ1) is 10.8. The second-order valence-electron chi connectivity index (χ2n) is 6.76. The third-order valence-electron chi connectivity index (χ3n) is 4.91. The number of fused-ring (bicyclic) bond motifs is 2. The average molecular weight is 322 g/mol. The number of ether oxygens (including phenoxy) is 3. The summed E-state index contributed by atoms with van der Waals surface area (Å²) < 4.78 is 16.2. The molecule has 0 unspecified atom stereocenters. The van der Waals surface area contributed by atoms with Gasteiger partial charge in [0.1, 0.15) is 12.7 Å². The first-order valence-electron chi connectivity index (χ1n) is 7.89. The predicted octanol–water partition coefficient (Wildman–Crippen LogP) is 1.28. The third kappa shape index (κ3) is 3.19. The largest absolute Gasteiger partial charge is 0.461 e. The van der Waals surface area contributed by atoms with E-state index in [1.54, 1.807) is 6.08 Å². The number of hydrogen-bond donors (Lipinski definition) is 1. The van der Waals surface area contributed by atoms with E-state index < -0.39 is 24.1 Å². The van der Waals surface area contributed by atoms with Crippen LogP contribution in [0.1, 0.15) is 33.1 Å². The van der Waals surface area contributed by atoms with Crippen molar-refractivity contribution in [3.8, 4) is 0 Å². The molecular weight excluding hydrogens is 300 g/mol.